The lowest BCUT2D eigenvalue weighted by Gasteiger charge is -2.16. The van der Waals surface area contributed by atoms with E-state index >= 15 is 0 Å². The van der Waals surface area contributed by atoms with Gasteiger partial charge in [0, 0.05) is 24.7 Å². The minimum atomic E-state index is -0.494. The first-order valence-electron chi connectivity index (χ1n) is 6.85. The highest BCUT2D eigenvalue weighted by Gasteiger charge is 2.18. The number of benzene rings is 2. The van der Waals surface area contributed by atoms with Gasteiger partial charge in [-0.2, -0.15) is 0 Å². The van der Waals surface area contributed by atoms with Crippen LogP contribution in [0.4, 0.5) is 11.4 Å². The van der Waals surface area contributed by atoms with Crippen LogP contribution in [0, 0.1) is 10.1 Å². The molecule has 0 radical (unpaired) electrons. The Hall–Kier alpha value is -2.89. The summed E-state index contributed by atoms with van der Waals surface area (Å²) in [5, 5.41) is 16.8. The standard InChI is InChI=1S/C16H17N3O3/c1-11(12-6-4-3-5-7-12)18-14-9-8-13(16(20)17-2)10-15(14)19(21)22/h3-11,18H,1-2H3,(H,17,20)/t11-/m0/s1. The van der Waals surface area contributed by atoms with Crippen LogP contribution < -0.4 is 10.6 Å². The van der Waals surface area contributed by atoms with Crippen molar-refractivity contribution >= 4 is 17.3 Å². The van der Waals surface area contributed by atoms with Crippen molar-refractivity contribution in [3.63, 3.8) is 0 Å². The Balaban J connectivity index is 2.31. The number of amides is 1. The second kappa shape index (κ2) is 6.71. The van der Waals surface area contributed by atoms with Crippen molar-refractivity contribution in [2.75, 3.05) is 12.4 Å². The van der Waals surface area contributed by atoms with Crippen LogP contribution in [0.15, 0.2) is 48.5 Å². The van der Waals surface area contributed by atoms with Crippen molar-refractivity contribution in [3.05, 3.63) is 69.8 Å². The van der Waals surface area contributed by atoms with Crippen molar-refractivity contribution in [2.45, 2.75) is 13.0 Å². The lowest BCUT2D eigenvalue weighted by Crippen LogP contribution is -2.18. The second-order valence-corrected chi connectivity index (χ2v) is 4.84. The number of anilines is 1. The number of nitrogens with one attached hydrogen (secondary N) is 2. The number of nitro groups is 1. The number of rotatable bonds is 5. The van der Waals surface area contributed by atoms with E-state index in [0.717, 1.165) is 5.56 Å². The summed E-state index contributed by atoms with van der Waals surface area (Å²) >= 11 is 0. The smallest absolute Gasteiger partial charge is 0.293 e. The quantitative estimate of drug-likeness (QED) is 0.656. The fraction of sp³-hybridized carbons (Fsp3) is 0.188. The van der Waals surface area contributed by atoms with Gasteiger partial charge in [-0.15, -0.1) is 0 Å². The molecule has 2 aromatic rings. The molecular weight excluding hydrogens is 282 g/mol. The first-order valence-corrected chi connectivity index (χ1v) is 6.85. The van der Waals surface area contributed by atoms with Crippen LogP contribution in [0.2, 0.25) is 0 Å². The summed E-state index contributed by atoms with van der Waals surface area (Å²) in [7, 11) is 1.48. The van der Waals surface area contributed by atoms with Crippen molar-refractivity contribution in [1.82, 2.24) is 5.32 Å². The van der Waals surface area contributed by atoms with E-state index in [9.17, 15) is 14.9 Å². The van der Waals surface area contributed by atoms with Crippen molar-refractivity contribution < 1.29 is 9.72 Å². The summed E-state index contributed by atoms with van der Waals surface area (Å²) < 4.78 is 0. The lowest BCUT2D eigenvalue weighted by molar-refractivity contribution is -0.384. The van der Waals surface area contributed by atoms with Gasteiger partial charge < -0.3 is 10.6 Å². The van der Waals surface area contributed by atoms with Gasteiger partial charge in [0.1, 0.15) is 5.69 Å². The average Bonchev–Trinajstić information content (AvgIpc) is 2.55. The number of hydrogen-bond acceptors (Lipinski definition) is 4. The van der Waals surface area contributed by atoms with E-state index in [1.54, 1.807) is 12.1 Å². The molecule has 0 aliphatic carbocycles. The van der Waals surface area contributed by atoms with Crippen molar-refractivity contribution in [1.29, 1.82) is 0 Å². The third kappa shape index (κ3) is 3.41. The molecule has 2 N–H and O–H groups in total. The summed E-state index contributed by atoms with van der Waals surface area (Å²) in [6.07, 6.45) is 0. The van der Waals surface area contributed by atoms with Crippen molar-refractivity contribution in [2.24, 2.45) is 0 Å². The van der Waals surface area contributed by atoms with Gasteiger partial charge in [0.2, 0.25) is 0 Å². The largest absolute Gasteiger partial charge is 0.373 e. The Morgan fingerprint density at radius 1 is 1.18 bits per heavy atom. The van der Waals surface area contributed by atoms with E-state index in [2.05, 4.69) is 10.6 Å². The Kier molecular flexibility index (Phi) is 4.73. The maximum atomic E-state index is 11.6. The molecule has 0 aliphatic heterocycles. The summed E-state index contributed by atoms with van der Waals surface area (Å²) in [6, 6.07) is 13.9. The number of carbonyl (C=O) groups is 1. The maximum Gasteiger partial charge on any atom is 0.293 e. The predicted molar refractivity (Wildman–Crippen MR) is 85.0 cm³/mol. The van der Waals surface area contributed by atoms with E-state index < -0.39 is 4.92 Å². The third-order valence-corrected chi connectivity index (χ3v) is 3.36. The Labute approximate surface area is 128 Å². The van der Waals surface area contributed by atoms with Crippen molar-refractivity contribution in [3.8, 4) is 0 Å². The van der Waals surface area contributed by atoms with Gasteiger partial charge in [0.15, 0.2) is 0 Å². The zero-order valence-corrected chi connectivity index (χ0v) is 12.4. The molecule has 2 rings (SSSR count). The van der Waals surface area contributed by atoms with E-state index in [-0.39, 0.29) is 23.2 Å². The highest BCUT2D eigenvalue weighted by Crippen LogP contribution is 2.29. The molecule has 2 aromatic carbocycles. The summed E-state index contributed by atoms with van der Waals surface area (Å²) in [6.45, 7) is 1.92. The molecule has 0 aromatic heterocycles. The molecule has 0 unspecified atom stereocenters. The van der Waals surface area contributed by atoms with E-state index in [1.165, 1.54) is 13.1 Å². The molecule has 114 valence electrons. The monoisotopic (exact) mass is 299 g/mol. The fourth-order valence-corrected chi connectivity index (χ4v) is 2.15. The second-order valence-electron chi connectivity index (χ2n) is 4.84. The molecule has 0 spiro atoms. The van der Waals surface area contributed by atoms with Gasteiger partial charge in [-0.05, 0) is 24.6 Å². The molecule has 0 saturated heterocycles. The third-order valence-electron chi connectivity index (χ3n) is 3.36. The topological polar surface area (TPSA) is 84.3 Å². The fourth-order valence-electron chi connectivity index (χ4n) is 2.15. The van der Waals surface area contributed by atoms with Crippen LogP contribution in [-0.4, -0.2) is 17.9 Å². The van der Waals surface area contributed by atoms with Crippen LogP contribution in [0.3, 0.4) is 0 Å². The van der Waals surface area contributed by atoms with Crippen LogP contribution in [0.5, 0.6) is 0 Å². The van der Waals surface area contributed by atoms with Gasteiger partial charge in [-0.1, -0.05) is 30.3 Å². The number of nitro benzene ring substituents is 1. The molecular formula is C16H17N3O3. The molecule has 0 bridgehead atoms. The van der Waals surface area contributed by atoms with Crippen LogP contribution in [0.1, 0.15) is 28.9 Å². The number of hydrogen-bond donors (Lipinski definition) is 2. The molecule has 22 heavy (non-hydrogen) atoms. The zero-order valence-electron chi connectivity index (χ0n) is 12.4. The Morgan fingerprint density at radius 2 is 1.86 bits per heavy atom. The first-order chi connectivity index (χ1) is 10.5. The number of nitrogens with zero attached hydrogens (tertiary/aromatic N) is 1. The molecule has 1 atom stereocenters. The van der Waals surface area contributed by atoms with E-state index in [4.69, 9.17) is 0 Å². The van der Waals surface area contributed by atoms with Gasteiger partial charge in [0.05, 0.1) is 4.92 Å². The van der Waals surface area contributed by atoms with Gasteiger partial charge in [0.25, 0.3) is 11.6 Å². The van der Waals surface area contributed by atoms with Gasteiger partial charge in [-0.3, -0.25) is 14.9 Å². The summed E-state index contributed by atoms with van der Waals surface area (Å²) in [5.74, 6) is -0.356. The molecule has 1 amide bonds. The minimum absolute atomic E-state index is 0.0919. The first kappa shape index (κ1) is 15.5. The maximum absolute atomic E-state index is 11.6. The van der Waals surface area contributed by atoms with Gasteiger partial charge in [-0.25, -0.2) is 0 Å². The number of carbonyl (C=O) groups excluding carboxylic acids is 1. The molecule has 0 saturated carbocycles. The van der Waals surface area contributed by atoms with Crippen LogP contribution in [0.25, 0.3) is 0 Å². The van der Waals surface area contributed by atoms with Gasteiger partial charge >= 0.3 is 0 Å². The normalized spacial score (nSPS) is 11.5. The van der Waals surface area contributed by atoms with E-state index in [0.29, 0.717) is 5.69 Å². The summed E-state index contributed by atoms with van der Waals surface area (Å²) in [4.78, 5) is 22.3. The highest BCUT2D eigenvalue weighted by molar-refractivity contribution is 5.95. The Morgan fingerprint density at radius 3 is 2.45 bits per heavy atom. The molecule has 6 heteroatoms. The predicted octanol–water partition coefficient (Wildman–Crippen LogP) is 3.13. The zero-order chi connectivity index (χ0) is 16.1. The minimum Gasteiger partial charge on any atom is -0.373 e. The lowest BCUT2D eigenvalue weighted by atomic mass is 10.1. The molecule has 6 nitrogen and oxygen atoms in total. The average molecular weight is 299 g/mol. The van der Waals surface area contributed by atoms with E-state index in [1.807, 2.05) is 37.3 Å². The Bertz CT molecular complexity index is 686. The molecule has 0 aliphatic rings. The molecule has 0 heterocycles. The summed E-state index contributed by atoms with van der Waals surface area (Å²) in [5.41, 5.74) is 1.54. The SMILES string of the molecule is CNC(=O)c1ccc(N[C@@H](C)c2ccccc2)c([N+](=O)[O-])c1. The van der Waals surface area contributed by atoms with Crippen LogP contribution >= 0.6 is 0 Å². The molecule has 0 fully saturated rings. The highest BCUT2D eigenvalue weighted by atomic mass is 16.6. The van der Waals surface area contributed by atoms with Crippen LogP contribution in [-0.2, 0) is 0 Å².